The van der Waals surface area contributed by atoms with Crippen LogP contribution in [-0.4, -0.2) is 43.2 Å². The van der Waals surface area contributed by atoms with E-state index < -0.39 is 0 Å². The molecule has 0 spiro atoms. The van der Waals surface area contributed by atoms with Gasteiger partial charge in [-0.3, -0.25) is 4.99 Å². The molecule has 0 aliphatic heterocycles. The van der Waals surface area contributed by atoms with Crippen molar-refractivity contribution in [3.05, 3.63) is 46.7 Å². The maximum absolute atomic E-state index is 6.06. The number of hydrogen-bond acceptors (Lipinski definition) is 3. The molecule has 27 heavy (non-hydrogen) atoms. The first-order valence-electron chi connectivity index (χ1n) is 8.50. The molecule has 0 fully saturated rings. The summed E-state index contributed by atoms with van der Waals surface area (Å²) in [6.07, 6.45) is 1.90. The minimum atomic E-state index is 0. The van der Waals surface area contributed by atoms with E-state index in [1.54, 1.807) is 14.2 Å². The Morgan fingerprint density at radius 2 is 2.04 bits per heavy atom. The zero-order chi connectivity index (χ0) is 19.1. The number of halogens is 2. The Bertz CT molecular complexity index is 764. The summed E-state index contributed by atoms with van der Waals surface area (Å²) >= 11 is 6.06. The fourth-order valence-electron chi connectivity index (χ4n) is 2.70. The standard InChI is InChI=1S/C19H27ClN4O2.HI/c1-6-26-17-8-7-14(9-18(17)25-5)11-22-19(21-2)24(4)13-16-10-15(20)12-23(16)3;/h7-10,12H,6,11,13H2,1-5H3,(H,21,22);1H. The van der Waals surface area contributed by atoms with Gasteiger partial charge in [0.25, 0.3) is 0 Å². The van der Waals surface area contributed by atoms with Gasteiger partial charge < -0.3 is 24.3 Å². The van der Waals surface area contributed by atoms with Crippen LogP contribution >= 0.6 is 35.6 Å². The van der Waals surface area contributed by atoms with E-state index in [1.165, 1.54) is 0 Å². The molecule has 2 aromatic rings. The van der Waals surface area contributed by atoms with Gasteiger partial charge in [0.2, 0.25) is 0 Å². The Hall–Kier alpha value is -1.61. The molecule has 8 heteroatoms. The predicted octanol–water partition coefficient (Wildman–Crippen LogP) is 3.91. The summed E-state index contributed by atoms with van der Waals surface area (Å²) in [4.78, 5) is 6.41. The lowest BCUT2D eigenvalue weighted by molar-refractivity contribution is 0.310. The van der Waals surface area contributed by atoms with Crippen molar-refractivity contribution in [1.29, 1.82) is 0 Å². The fraction of sp³-hybridized carbons (Fsp3) is 0.421. The lowest BCUT2D eigenvalue weighted by Gasteiger charge is -2.22. The quantitative estimate of drug-likeness (QED) is 0.351. The molecule has 0 saturated heterocycles. The summed E-state index contributed by atoms with van der Waals surface area (Å²) in [6, 6.07) is 7.88. The molecule has 0 aliphatic carbocycles. The second-order valence-electron chi connectivity index (χ2n) is 5.94. The number of benzene rings is 1. The predicted molar refractivity (Wildman–Crippen MR) is 122 cm³/mol. The second-order valence-corrected chi connectivity index (χ2v) is 6.37. The minimum Gasteiger partial charge on any atom is -0.493 e. The normalized spacial score (nSPS) is 11.0. The highest BCUT2D eigenvalue weighted by Gasteiger charge is 2.11. The van der Waals surface area contributed by atoms with E-state index in [0.29, 0.717) is 19.7 Å². The average Bonchev–Trinajstić information content (AvgIpc) is 2.93. The molecule has 0 radical (unpaired) electrons. The lowest BCUT2D eigenvalue weighted by Crippen LogP contribution is -2.38. The zero-order valence-corrected chi connectivity index (χ0v) is 19.5. The van der Waals surface area contributed by atoms with Gasteiger partial charge in [0, 0.05) is 39.6 Å². The van der Waals surface area contributed by atoms with Crippen molar-refractivity contribution in [3.8, 4) is 11.5 Å². The average molecular weight is 507 g/mol. The minimum absolute atomic E-state index is 0. The van der Waals surface area contributed by atoms with Gasteiger partial charge in [-0.15, -0.1) is 24.0 Å². The van der Waals surface area contributed by atoms with E-state index in [1.807, 2.05) is 56.0 Å². The first-order chi connectivity index (χ1) is 12.5. The highest BCUT2D eigenvalue weighted by atomic mass is 127. The Kier molecular flexibility index (Phi) is 9.79. The summed E-state index contributed by atoms with van der Waals surface area (Å²) in [5, 5.41) is 4.11. The molecule has 0 bridgehead atoms. The van der Waals surface area contributed by atoms with Crippen LogP contribution in [-0.2, 0) is 20.1 Å². The summed E-state index contributed by atoms with van der Waals surface area (Å²) in [7, 11) is 7.40. The van der Waals surface area contributed by atoms with Crippen LogP contribution in [0.2, 0.25) is 5.02 Å². The van der Waals surface area contributed by atoms with E-state index in [9.17, 15) is 0 Å². The van der Waals surface area contributed by atoms with E-state index in [0.717, 1.165) is 33.7 Å². The number of guanidine groups is 1. The zero-order valence-electron chi connectivity index (χ0n) is 16.5. The van der Waals surface area contributed by atoms with Crippen LogP contribution in [0.3, 0.4) is 0 Å². The van der Waals surface area contributed by atoms with E-state index in [-0.39, 0.29) is 24.0 Å². The van der Waals surface area contributed by atoms with E-state index in [2.05, 4.69) is 15.2 Å². The Morgan fingerprint density at radius 3 is 2.59 bits per heavy atom. The molecule has 2 rings (SSSR count). The molecule has 1 N–H and O–H groups in total. The molecule has 6 nitrogen and oxygen atoms in total. The molecular formula is C19H28ClIN4O2. The molecule has 0 amide bonds. The number of nitrogens with one attached hydrogen (secondary N) is 1. The first-order valence-corrected chi connectivity index (χ1v) is 8.88. The van der Waals surface area contributed by atoms with E-state index >= 15 is 0 Å². The van der Waals surface area contributed by atoms with Gasteiger partial charge >= 0.3 is 0 Å². The number of rotatable bonds is 7. The van der Waals surface area contributed by atoms with Crippen LogP contribution in [0.25, 0.3) is 0 Å². The van der Waals surface area contributed by atoms with Crippen LogP contribution in [0.4, 0.5) is 0 Å². The molecule has 0 atom stereocenters. The molecule has 1 heterocycles. The first kappa shape index (κ1) is 23.4. The van der Waals surface area contributed by atoms with Crippen molar-refractivity contribution in [2.45, 2.75) is 20.0 Å². The maximum Gasteiger partial charge on any atom is 0.194 e. The number of ether oxygens (including phenoxy) is 2. The maximum atomic E-state index is 6.06. The smallest absolute Gasteiger partial charge is 0.194 e. The third-order valence-corrected chi connectivity index (χ3v) is 4.23. The largest absolute Gasteiger partial charge is 0.493 e. The number of nitrogens with zero attached hydrogens (tertiary/aromatic N) is 3. The molecule has 0 saturated carbocycles. The highest BCUT2D eigenvalue weighted by Crippen LogP contribution is 2.28. The molecule has 0 aliphatic rings. The summed E-state index contributed by atoms with van der Waals surface area (Å²) in [5.74, 6) is 2.28. The number of hydrogen-bond donors (Lipinski definition) is 1. The fourth-order valence-corrected chi connectivity index (χ4v) is 2.98. The lowest BCUT2D eigenvalue weighted by atomic mass is 10.2. The third-order valence-electron chi connectivity index (χ3n) is 4.03. The van der Waals surface area contributed by atoms with Gasteiger partial charge in [0.05, 0.1) is 25.3 Å². The topological polar surface area (TPSA) is 51.0 Å². The molecule has 150 valence electrons. The summed E-state index contributed by atoms with van der Waals surface area (Å²) in [6.45, 7) is 3.90. The van der Waals surface area contributed by atoms with Gasteiger partial charge in [-0.25, -0.2) is 0 Å². The number of methoxy groups -OCH3 is 1. The van der Waals surface area contributed by atoms with Gasteiger partial charge in [-0.1, -0.05) is 17.7 Å². The highest BCUT2D eigenvalue weighted by molar-refractivity contribution is 14.0. The summed E-state index contributed by atoms with van der Waals surface area (Å²) < 4.78 is 13.0. The van der Waals surface area contributed by atoms with Crippen molar-refractivity contribution >= 4 is 41.5 Å². The number of aromatic nitrogens is 1. The van der Waals surface area contributed by atoms with E-state index in [4.69, 9.17) is 21.1 Å². The van der Waals surface area contributed by atoms with Crippen LogP contribution in [0.15, 0.2) is 35.5 Å². The van der Waals surface area contributed by atoms with Crippen molar-refractivity contribution in [3.63, 3.8) is 0 Å². The van der Waals surface area contributed by atoms with Crippen LogP contribution in [0.5, 0.6) is 11.5 Å². The molecule has 0 unspecified atom stereocenters. The van der Waals surface area contributed by atoms with Gasteiger partial charge in [-0.2, -0.15) is 0 Å². The third kappa shape index (κ3) is 6.49. The molecule has 1 aromatic carbocycles. The Morgan fingerprint density at radius 1 is 1.30 bits per heavy atom. The monoisotopic (exact) mass is 506 g/mol. The van der Waals surface area contributed by atoms with Crippen LogP contribution in [0, 0.1) is 0 Å². The van der Waals surface area contributed by atoms with Gasteiger partial charge in [0.1, 0.15) is 0 Å². The van der Waals surface area contributed by atoms with Crippen LogP contribution in [0.1, 0.15) is 18.2 Å². The molecular weight excluding hydrogens is 479 g/mol. The van der Waals surface area contributed by atoms with Gasteiger partial charge in [0.15, 0.2) is 17.5 Å². The van der Waals surface area contributed by atoms with Crippen molar-refractivity contribution < 1.29 is 9.47 Å². The Labute approximate surface area is 183 Å². The summed E-state index contributed by atoms with van der Waals surface area (Å²) in [5.41, 5.74) is 2.20. The second kappa shape index (κ2) is 11.3. The number of aliphatic imine (C=N–C) groups is 1. The van der Waals surface area contributed by atoms with Crippen molar-refractivity contribution in [1.82, 2.24) is 14.8 Å². The SMILES string of the molecule is CCOc1ccc(CNC(=NC)N(C)Cc2cc(Cl)cn2C)cc1OC.I. The number of aryl methyl sites for hydroxylation is 1. The van der Waals surface area contributed by atoms with Crippen LogP contribution < -0.4 is 14.8 Å². The van der Waals surface area contributed by atoms with Gasteiger partial charge in [-0.05, 0) is 30.7 Å². The van der Waals surface area contributed by atoms with Crippen molar-refractivity contribution in [2.24, 2.45) is 12.0 Å². The van der Waals surface area contributed by atoms with Crippen molar-refractivity contribution in [2.75, 3.05) is 27.8 Å². The molecule has 1 aromatic heterocycles. The Balaban J connectivity index is 0.00000364.